The van der Waals surface area contributed by atoms with Crippen molar-refractivity contribution in [3.63, 3.8) is 0 Å². The highest BCUT2D eigenvalue weighted by atomic mass is 16.5. The Labute approximate surface area is 139 Å². The summed E-state index contributed by atoms with van der Waals surface area (Å²) in [5.74, 6) is -2.24. The van der Waals surface area contributed by atoms with Crippen molar-refractivity contribution >= 4 is 23.8 Å². The molecule has 1 aliphatic heterocycles. The van der Waals surface area contributed by atoms with E-state index in [1.165, 1.54) is 7.05 Å². The second-order valence-electron chi connectivity index (χ2n) is 5.30. The third-order valence-electron chi connectivity index (χ3n) is 3.50. The number of hydrogen-bond donors (Lipinski definition) is 0. The van der Waals surface area contributed by atoms with Crippen LogP contribution < -0.4 is 0 Å². The third-order valence-corrected chi connectivity index (χ3v) is 3.50. The standard InChI is InChI=1S/C16H19N3O5/c1-3-24-13(20)10-18(9-12-7-5-4-6-8-12)11-19-15(22)14(21)17(2)16(19)23/h4-8H,3,9-11H2,1-2H3. The number of nitrogens with zero attached hydrogens (tertiary/aromatic N) is 3. The van der Waals surface area contributed by atoms with Gasteiger partial charge in [0.2, 0.25) is 0 Å². The number of ether oxygens (including phenoxy) is 1. The zero-order chi connectivity index (χ0) is 17.7. The lowest BCUT2D eigenvalue weighted by molar-refractivity contribution is -0.147. The molecule has 8 nitrogen and oxygen atoms in total. The number of benzene rings is 1. The van der Waals surface area contributed by atoms with E-state index in [-0.39, 0.29) is 19.8 Å². The molecule has 4 amide bonds. The van der Waals surface area contributed by atoms with Crippen LogP contribution in [-0.2, 0) is 25.7 Å². The van der Waals surface area contributed by atoms with Crippen molar-refractivity contribution in [3.05, 3.63) is 35.9 Å². The molecule has 0 atom stereocenters. The first-order valence-electron chi connectivity index (χ1n) is 7.49. The zero-order valence-corrected chi connectivity index (χ0v) is 13.6. The van der Waals surface area contributed by atoms with Crippen LogP contribution in [0.15, 0.2) is 30.3 Å². The fourth-order valence-corrected chi connectivity index (χ4v) is 2.33. The quantitative estimate of drug-likeness (QED) is 0.408. The monoisotopic (exact) mass is 333 g/mol. The Balaban J connectivity index is 2.13. The normalized spacial score (nSPS) is 14.7. The van der Waals surface area contributed by atoms with Gasteiger partial charge in [-0.1, -0.05) is 30.3 Å². The van der Waals surface area contributed by atoms with Crippen molar-refractivity contribution in [2.24, 2.45) is 0 Å². The highest BCUT2D eigenvalue weighted by molar-refractivity contribution is 6.44. The Hall–Kier alpha value is -2.74. The van der Waals surface area contributed by atoms with Gasteiger partial charge in [-0.3, -0.25) is 24.2 Å². The van der Waals surface area contributed by atoms with E-state index in [1.54, 1.807) is 11.8 Å². The first-order chi connectivity index (χ1) is 11.4. The number of hydrogen-bond acceptors (Lipinski definition) is 6. The lowest BCUT2D eigenvalue weighted by Gasteiger charge is -2.25. The van der Waals surface area contributed by atoms with Gasteiger partial charge in [-0.15, -0.1) is 0 Å². The van der Waals surface area contributed by atoms with Crippen molar-refractivity contribution in [2.45, 2.75) is 13.5 Å². The maximum absolute atomic E-state index is 12.0. The summed E-state index contributed by atoms with van der Waals surface area (Å²) in [6.07, 6.45) is 0. The van der Waals surface area contributed by atoms with Crippen LogP contribution in [0.25, 0.3) is 0 Å². The molecule has 1 aromatic carbocycles. The van der Waals surface area contributed by atoms with Crippen molar-refractivity contribution in [1.82, 2.24) is 14.7 Å². The fourth-order valence-electron chi connectivity index (χ4n) is 2.33. The predicted molar refractivity (Wildman–Crippen MR) is 83.4 cm³/mol. The van der Waals surface area contributed by atoms with E-state index in [0.717, 1.165) is 15.4 Å². The van der Waals surface area contributed by atoms with Gasteiger partial charge < -0.3 is 4.74 Å². The molecule has 0 saturated carbocycles. The van der Waals surface area contributed by atoms with Crippen LogP contribution in [0.1, 0.15) is 12.5 Å². The van der Waals surface area contributed by atoms with Crippen molar-refractivity contribution in [3.8, 4) is 0 Å². The van der Waals surface area contributed by atoms with Crippen molar-refractivity contribution < 1.29 is 23.9 Å². The van der Waals surface area contributed by atoms with Gasteiger partial charge in [0.1, 0.15) is 0 Å². The van der Waals surface area contributed by atoms with E-state index in [0.29, 0.717) is 6.54 Å². The Morgan fingerprint density at radius 2 is 1.79 bits per heavy atom. The number of esters is 1. The second-order valence-corrected chi connectivity index (χ2v) is 5.30. The summed E-state index contributed by atoms with van der Waals surface area (Å²) >= 11 is 0. The minimum Gasteiger partial charge on any atom is -0.465 e. The molecule has 0 N–H and O–H groups in total. The van der Waals surface area contributed by atoms with Crippen LogP contribution in [-0.4, -0.2) is 65.4 Å². The molecule has 1 fully saturated rings. The second kappa shape index (κ2) is 7.69. The average Bonchev–Trinajstić information content (AvgIpc) is 2.74. The van der Waals surface area contributed by atoms with Gasteiger partial charge in [0, 0.05) is 13.6 Å². The number of rotatable bonds is 7. The van der Waals surface area contributed by atoms with Gasteiger partial charge in [-0.2, -0.15) is 0 Å². The van der Waals surface area contributed by atoms with Gasteiger partial charge in [0.25, 0.3) is 0 Å². The SMILES string of the molecule is CCOC(=O)CN(Cc1ccccc1)CN1C(=O)C(=O)N(C)C1=O. The molecule has 2 rings (SSSR count). The maximum atomic E-state index is 12.0. The molecule has 128 valence electrons. The first kappa shape index (κ1) is 17.6. The number of carbonyl (C=O) groups is 4. The van der Waals surface area contributed by atoms with E-state index in [1.807, 2.05) is 30.3 Å². The van der Waals surface area contributed by atoms with E-state index in [9.17, 15) is 19.2 Å². The third kappa shape index (κ3) is 3.96. The molecule has 0 radical (unpaired) electrons. The Morgan fingerprint density at radius 3 is 2.33 bits per heavy atom. The molecular formula is C16H19N3O5. The topological polar surface area (TPSA) is 87.2 Å². The molecule has 0 aromatic heterocycles. The first-order valence-corrected chi connectivity index (χ1v) is 7.49. The summed E-state index contributed by atoms with van der Waals surface area (Å²) in [6.45, 7) is 2.00. The van der Waals surface area contributed by atoms with E-state index < -0.39 is 23.8 Å². The Kier molecular flexibility index (Phi) is 5.64. The number of imide groups is 2. The maximum Gasteiger partial charge on any atom is 0.335 e. The highest BCUT2D eigenvalue weighted by Gasteiger charge is 2.42. The average molecular weight is 333 g/mol. The predicted octanol–water partition coefficient (Wildman–Crippen LogP) is 0.430. The minimum absolute atomic E-state index is 0.0995. The molecule has 0 bridgehead atoms. The lowest BCUT2D eigenvalue weighted by atomic mass is 10.2. The summed E-state index contributed by atoms with van der Waals surface area (Å²) in [5.41, 5.74) is 0.903. The zero-order valence-electron chi connectivity index (χ0n) is 13.6. The van der Waals surface area contributed by atoms with E-state index in [4.69, 9.17) is 4.74 Å². The molecule has 8 heteroatoms. The Bertz CT molecular complexity index is 646. The summed E-state index contributed by atoms with van der Waals surface area (Å²) in [7, 11) is 1.25. The van der Waals surface area contributed by atoms with Gasteiger partial charge in [0.15, 0.2) is 0 Å². The minimum atomic E-state index is -0.899. The largest absolute Gasteiger partial charge is 0.465 e. The van der Waals surface area contributed by atoms with Crippen LogP contribution in [0.3, 0.4) is 0 Å². The summed E-state index contributed by atoms with van der Waals surface area (Å²) in [4.78, 5) is 50.4. The highest BCUT2D eigenvalue weighted by Crippen LogP contribution is 2.13. The number of urea groups is 1. The summed E-state index contributed by atoms with van der Waals surface area (Å²) in [6, 6.07) is 8.58. The molecule has 1 aliphatic rings. The number of likely N-dealkylation sites (N-methyl/N-ethyl adjacent to an activating group) is 1. The van der Waals surface area contributed by atoms with Crippen LogP contribution in [0.5, 0.6) is 0 Å². The Morgan fingerprint density at radius 1 is 1.12 bits per heavy atom. The molecular weight excluding hydrogens is 314 g/mol. The molecule has 1 aromatic rings. The fraction of sp³-hybridized carbons (Fsp3) is 0.375. The molecule has 24 heavy (non-hydrogen) atoms. The molecule has 0 unspecified atom stereocenters. The molecule has 0 spiro atoms. The summed E-state index contributed by atoms with van der Waals surface area (Å²) < 4.78 is 4.92. The smallest absolute Gasteiger partial charge is 0.335 e. The number of amides is 4. The van der Waals surface area contributed by atoms with Crippen LogP contribution in [0.2, 0.25) is 0 Å². The molecule has 1 heterocycles. The van der Waals surface area contributed by atoms with Crippen molar-refractivity contribution in [2.75, 3.05) is 26.9 Å². The van der Waals surface area contributed by atoms with E-state index >= 15 is 0 Å². The van der Waals surface area contributed by atoms with E-state index in [2.05, 4.69) is 0 Å². The van der Waals surface area contributed by atoms with Gasteiger partial charge >= 0.3 is 23.8 Å². The van der Waals surface area contributed by atoms with Gasteiger partial charge in [-0.25, -0.2) is 9.69 Å². The van der Waals surface area contributed by atoms with Gasteiger partial charge in [0.05, 0.1) is 19.8 Å². The van der Waals surface area contributed by atoms with Crippen molar-refractivity contribution in [1.29, 1.82) is 0 Å². The molecule has 0 aliphatic carbocycles. The van der Waals surface area contributed by atoms with Crippen LogP contribution in [0, 0.1) is 0 Å². The lowest BCUT2D eigenvalue weighted by Crippen LogP contribution is -2.43. The summed E-state index contributed by atoms with van der Waals surface area (Å²) in [5, 5.41) is 0. The van der Waals surface area contributed by atoms with Crippen LogP contribution in [0.4, 0.5) is 4.79 Å². The molecule has 1 saturated heterocycles. The number of carbonyl (C=O) groups excluding carboxylic acids is 4. The van der Waals surface area contributed by atoms with Gasteiger partial charge in [-0.05, 0) is 12.5 Å². The van der Waals surface area contributed by atoms with Crippen LogP contribution >= 0.6 is 0 Å².